The predicted molar refractivity (Wildman–Crippen MR) is 122 cm³/mol. The molecule has 4 rings (SSSR count). The number of aliphatic hydroxyl groups is 1. The number of carboxylic acids is 1. The number of rotatable bonds is 5. The molecule has 0 spiro atoms. The van der Waals surface area contributed by atoms with E-state index in [2.05, 4.69) is 0 Å². The molecule has 1 saturated heterocycles. The van der Waals surface area contributed by atoms with Gasteiger partial charge in [0.05, 0.1) is 22.1 Å². The number of benzene rings is 3. The number of nitrogens with zero attached hydrogens (tertiary/aromatic N) is 2. The van der Waals surface area contributed by atoms with Gasteiger partial charge in [-0.25, -0.2) is 4.79 Å². The Kier molecular flexibility index (Phi) is 5.68. The zero-order valence-corrected chi connectivity index (χ0v) is 17.8. The second kappa shape index (κ2) is 8.62. The first kappa shape index (κ1) is 22.4. The monoisotopic (exact) mass is 458 g/mol. The highest BCUT2D eigenvalue weighted by Gasteiger charge is 2.47. The Morgan fingerprint density at radius 3 is 2.26 bits per heavy atom. The number of carbonyl (C=O) groups is 3. The fourth-order valence-corrected chi connectivity index (χ4v) is 3.88. The van der Waals surface area contributed by atoms with Crippen LogP contribution in [0.15, 0.2) is 78.4 Å². The van der Waals surface area contributed by atoms with Crippen molar-refractivity contribution < 1.29 is 29.5 Å². The van der Waals surface area contributed by atoms with Crippen molar-refractivity contribution in [2.45, 2.75) is 13.0 Å². The Morgan fingerprint density at radius 2 is 1.62 bits per heavy atom. The molecule has 0 saturated carbocycles. The Hall–Kier alpha value is -4.79. The van der Waals surface area contributed by atoms with E-state index in [0.717, 1.165) is 10.5 Å². The number of Topliss-reactive ketones (excluding diaryl/α,β-unsaturated/α-hetero) is 1. The summed E-state index contributed by atoms with van der Waals surface area (Å²) < 4.78 is 0. The summed E-state index contributed by atoms with van der Waals surface area (Å²) in [6.07, 6.45) is 0. The fourth-order valence-electron chi connectivity index (χ4n) is 3.88. The molecule has 170 valence electrons. The number of aromatic carboxylic acids is 1. The lowest BCUT2D eigenvalue weighted by molar-refractivity contribution is -0.384. The van der Waals surface area contributed by atoms with Gasteiger partial charge in [-0.3, -0.25) is 24.6 Å². The molecule has 0 aromatic heterocycles. The Labute approximate surface area is 193 Å². The van der Waals surface area contributed by atoms with Crippen molar-refractivity contribution in [3.8, 4) is 0 Å². The van der Waals surface area contributed by atoms with Gasteiger partial charge >= 0.3 is 5.97 Å². The zero-order chi connectivity index (χ0) is 24.6. The van der Waals surface area contributed by atoms with Crippen LogP contribution in [-0.2, 0) is 9.59 Å². The average molecular weight is 458 g/mol. The molecule has 1 amide bonds. The summed E-state index contributed by atoms with van der Waals surface area (Å²) in [5.74, 6) is -3.65. The molecule has 9 nitrogen and oxygen atoms in total. The number of hydrogen-bond acceptors (Lipinski definition) is 6. The first-order valence-corrected chi connectivity index (χ1v) is 10.1. The van der Waals surface area contributed by atoms with E-state index in [-0.39, 0.29) is 28.1 Å². The smallest absolute Gasteiger partial charge is 0.335 e. The third kappa shape index (κ3) is 3.90. The van der Waals surface area contributed by atoms with Gasteiger partial charge in [0.2, 0.25) is 0 Å². The average Bonchev–Trinajstić information content (AvgIpc) is 3.09. The first-order chi connectivity index (χ1) is 16.2. The van der Waals surface area contributed by atoms with E-state index < -0.39 is 34.4 Å². The van der Waals surface area contributed by atoms with Crippen molar-refractivity contribution in [3.63, 3.8) is 0 Å². The number of ketones is 1. The summed E-state index contributed by atoms with van der Waals surface area (Å²) >= 11 is 0. The maximum absolute atomic E-state index is 13.1. The first-order valence-electron chi connectivity index (χ1n) is 10.1. The van der Waals surface area contributed by atoms with Gasteiger partial charge in [0.25, 0.3) is 17.4 Å². The van der Waals surface area contributed by atoms with Gasteiger partial charge < -0.3 is 10.2 Å². The molecule has 0 radical (unpaired) electrons. The summed E-state index contributed by atoms with van der Waals surface area (Å²) in [6, 6.07) is 16.2. The van der Waals surface area contributed by atoms with Crippen molar-refractivity contribution in [3.05, 3.63) is 111 Å². The van der Waals surface area contributed by atoms with Crippen molar-refractivity contribution in [2.24, 2.45) is 0 Å². The summed E-state index contributed by atoms with van der Waals surface area (Å²) in [5, 5.41) is 31.8. The standard InChI is InChI=1S/C25H18N2O7/c1-14-8-10-15(11-9-14)22(28)20-21(16-4-2-7-19(12-16)27(33)34)26(24(30)23(20)29)18-6-3-5-17(13-18)25(31)32/h2-13,21,28H,1H3,(H,31,32)/t21-/m1/s1. The molecule has 34 heavy (non-hydrogen) atoms. The summed E-state index contributed by atoms with van der Waals surface area (Å²) in [7, 11) is 0. The highest BCUT2D eigenvalue weighted by molar-refractivity contribution is 6.51. The van der Waals surface area contributed by atoms with Crippen LogP contribution >= 0.6 is 0 Å². The number of nitro groups is 1. The van der Waals surface area contributed by atoms with Gasteiger partial charge in [-0.15, -0.1) is 0 Å². The maximum Gasteiger partial charge on any atom is 0.335 e. The van der Waals surface area contributed by atoms with Crippen molar-refractivity contribution in [1.29, 1.82) is 0 Å². The molecule has 1 atom stereocenters. The van der Waals surface area contributed by atoms with Crippen LogP contribution in [0.5, 0.6) is 0 Å². The van der Waals surface area contributed by atoms with E-state index in [1.807, 2.05) is 6.92 Å². The van der Waals surface area contributed by atoms with Gasteiger partial charge in [0.1, 0.15) is 5.76 Å². The molecule has 3 aromatic rings. The molecule has 0 unspecified atom stereocenters. The van der Waals surface area contributed by atoms with Gasteiger partial charge in [-0.05, 0) is 30.7 Å². The summed E-state index contributed by atoms with van der Waals surface area (Å²) in [4.78, 5) is 49.6. The van der Waals surface area contributed by atoms with Crippen LogP contribution in [0.25, 0.3) is 5.76 Å². The number of anilines is 1. The van der Waals surface area contributed by atoms with Crippen molar-refractivity contribution in [1.82, 2.24) is 0 Å². The van der Waals surface area contributed by atoms with Crippen LogP contribution in [0.1, 0.15) is 33.1 Å². The van der Waals surface area contributed by atoms with Crippen LogP contribution in [-0.4, -0.2) is 32.8 Å². The molecule has 1 aliphatic rings. The van der Waals surface area contributed by atoms with Gasteiger partial charge in [-0.1, -0.05) is 48.0 Å². The minimum absolute atomic E-state index is 0.0986. The lowest BCUT2D eigenvalue weighted by atomic mass is 9.94. The summed E-state index contributed by atoms with van der Waals surface area (Å²) in [6.45, 7) is 1.85. The number of nitro benzene ring substituents is 1. The third-order valence-corrected chi connectivity index (χ3v) is 5.54. The Balaban J connectivity index is 1.98. The van der Waals surface area contributed by atoms with Crippen LogP contribution in [0.2, 0.25) is 0 Å². The molecule has 2 N–H and O–H groups in total. The van der Waals surface area contributed by atoms with E-state index in [1.165, 1.54) is 48.5 Å². The number of amides is 1. The fraction of sp³-hybridized carbons (Fsp3) is 0.0800. The number of aliphatic hydroxyl groups excluding tert-OH is 1. The van der Waals surface area contributed by atoms with Crippen LogP contribution in [0.4, 0.5) is 11.4 Å². The molecule has 0 aliphatic carbocycles. The Morgan fingerprint density at radius 1 is 0.941 bits per heavy atom. The molecule has 9 heteroatoms. The van der Waals surface area contributed by atoms with E-state index in [9.17, 15) is 34.7 Å². The topological polar surface area (TPSA) is 138 Å². The normalized spacial score (nSPS) is 17.1. The van der Waals surface area contributed by atoms with E-state index in [4.69, 9.17) is 0 Å². The molecule has 1 heterocycles. The quantitative estimate of drug-likeness (QED) is 0.192. The molecule has 1 fully saturated rings. The van der Waals surface area contributed by atoms with E-state index >= 15 is 0 Å². The van der Waals surface area contributed by atoms with Crippen molar-refractivity contribution >= 4 is 34.8 Å². The minimum atomic E-state index is -1.23. The lowest BCUT2D eigenvalue weighted by Crippen LogP contribution is -2.29. The van der Waals surface area contributed by atoms with Crippen LogP contribution in [0.3, 0.4) is 0 Å². The Bertz CT molecular complexity index is 1380. The second-order valence-electron chi connectivity index (χ2n) is 7.74. The van der Waals surface area contributed by atoms with Gasteiger partial charge in [0, 0.05) is 23.4 Å². The van der Waals surface area contributed by atoms with Crippen LogP contribution in [0, 0.1) is 17.0 Å². The largest absolute Gasteiger partial charge is 0.507 e. The summed E-state index contributed by atoms with van der Waals surface area (Å²) in [5.41, 5.74) is 0.879. The van der Waals surface area contributed by atoms with Crippen LogP contribution < -0.4 is 4.90 Å². The molecule has 1 aliphatic heterocycles. The SMILES string of the molecule is Cc1ccc(C(O)=C2C(=O)C(=O)N(c3cccc(C(=O)O)c3)[C@@H]2c2cccc([N+](=O)[O-])c2)cc1. The number of aryl methyl sites for hydroxylation is 1. The van der Waals surface area contributed by atoms with E-state index in [1.54, 1.807) is 24.3 Å². The third-order valence-electron chi connectivity index (χ3n) is 5.54. The number of carbonyl (C=O) groups excluding carboxylic acids is 2. The molecular formula is C25H18N2O7. The second-order valence-corrected chi connectivity index (χ2v) is 7.74. The zero-order valence-electron chi connectivity index (χ0n) is 17.8. The maximum atomic E-state index is 13.1. The molecule has 0 bridgehead atoms. The van der Waals surface area contributed by atoms with Gasteiger partial charge in [0.15, 0.2) is 0 Å². The van der Waals surface area contributed by atoms with E-state index in [0.29, 0.717) is 5.56 Å². The lowest BCUT2D eigenvalue weighted by Gasteiger charge is -2.25. The molecular weight excluding hydrogens is 440 g/mol. The number of carboxylic acid groups (broad SMARTS) is 1. The van der Waals surface area contributed by atoms with Gasteiger partial charge in [-0.2, -0.15) is 0 Å². The highest BCUT2D eigenvalue weighted by atomic mass is 16.6. The predicted octanol–water partition coefficient (Wildman–Crippen LogP) is 4.23. The minimum Gasteiger partial charge on any atom is -0.507 e. The highest BCUT2D eigenvalue weighted by Crippen LogP contribution is 2.43. The van der Waals surface area contributed by atoms with Crippen molar-refractivity contribution in [2.75, 3.05) is 4.90 Å². The number of hydrogen-bond donors (Lipinski definition) is 2. The number of non-ortho nitro benzene ring substituents is 1. The molecule has 3 aromatic carbocycles.